The topological polar surface area (TPSA) is 23.8 Å². The molecule has 0 fully saturated rings. The third kappa shape index (κ3) is 3.86. The molecule has 0 saturated carbocycles. The molecule has 0 heterocycles. The van der Waals surface area contributed by atoms with E-state index < -0.39 is 16.8 Å². The molecule has 1 rings (SSSR count). The minimum absolute atomic E-state index is 0.414. The van der Waals surface area contributed by atoms with Gasteiger partial charge < -0.3 is 0 Å². The van der Waals surface area contributed by atoms with E-state index in [1.54, 1.807) is 30.3 Å². The van der Waals surface area contributed by atoms with Gasteiger partial charge in [0, 0.05) is 5.56 Å². The van der Waals surface area contributed by atoms with Crippen LogP contribution >= 0.6 is 11.6 Å². The molecule has 1 aromatic carbocycles. The molecule has 0 saturated heterocycles. The molecule has 0 unspecified atom stereocenters. The van der Waals surface area contributed by atoms with Gasteiger partial charge in [0.2, 0.25) is 0 Å². The number of hydrogen-bond acceptors (Lipinski definition) is 1. The fraction of sp³-hybridized carbons (Fsp3) is 0.0833. The zero-order chi connectivity index (χ0) is 12.9. The van der Waals surface area contributed by atoms with Gasteiger partial charge in [-0.3, -0.25) is 0 Å². The number of allylic oxidation sites excluding steroid dienone is 2. The standard InChI is InChI=1S/C12H5ClF3N/c13-11(8-17)10(12(14,15)16)7-6-9-4-2-1-3-5-9/h1-5H/b11-10+. The van der Waals surface area contributed by atoms with Gasteiger partial charge >= 0.3 is 6.18 Å². The Morgan fingerprint density at radius 3 is 2.24 bits per heavy atom. The summed E-state index contributed by atoms with van der Waals surface area (Å²) in [5.74, 6) is 4.18. The second-order valence-electron chi connectivity index (χ2n) is 2.91. The largest absolute Gasteiger partial charge is 0.426 e. The van der Waals surface area contributed by atoms with E-state index in [1.807, 2.05) is 5.92 Å². The van der Waals surface area contributed by atoms with Gasteiger partial charge in [0.1, 0.15) is 16.7 Å². The average Bonchev–Trinajstić information content (AvgIpc) is 2.28. The van der Waals surface area contributed by atoms with Crippen molar-refractivity contribution in [2.24, 2.45) is 0 Å². The van der Waals surface area contributed by atoms with Crippen LogP contribution in [0.25, 0.3) is 0 Å². The van der Waals surface area contributed by atoms with Gasteiger partial charge in [-0.15, -0.1) is 0 Å². The number of nitrogens with zero attached hydrogens (tertiary/aromatic N) is 1. The van der Waals surface area contributed by atoms with Crippen LogP contribution in [0.15, 0.2) is 40.9 Å². The lowest BCUT2D eigenvalue weighted by Gasteiger charge is -2.04. The Labute approximate surface area is 101 Å². The van der Waals surface area contributed by atoms with Crippen molar-refractivity contribution in [1.82, 2.24) is 0 Å². The van der Waals surface area contributed by atoms with Crippen molar-refractivity contribution in [2.45, 2.75) is 6.18 Å². The van der Waals surface area contributed by atoms with E-state index in [9.17, 15) is 13.2 Å². The van der Waals surface area contributed by atoms with Crippen molar-refractivity contribution in [2.75, 3.05) is 0 Å². The van der Waals surface area contributed by atoms with E-state index in [0.717, 1.165) is 0 Å². The summed E-state index contributed by atoms with van der Waals surface area (Å²) in [4.78, 5) is 0. The number of benzene rings is 1. The minimum Gasteiger partial charge on any atom is -0.191 e. The summed E-state index contributed by atoms with van der Waals surface area (Å²) in [7, 11) is 0. The van der Waals surface area contributed by atoms with Gasteiger partial charge in [0.15, 0.2) is 0 Å². The Morgan fingerprint density at radius 2 is 1.76 bits per heavy atom. The van der Waals surface area contributed by atoms with E-state index in [0.29, 0.717) is 5.56 Å². The lowest BCUT2D eigenvalue weighted by Crippen LogP contribution is -2.11. The summed E-state index contributed by atoms with van der Waals surface area (Å²) in [5, 5.41) is 7.40. The maximum atomic E-state index is 12.5. The van der Waals surface area contributed by atoms with Gasteiger partial charge in [0.05, 0.1) is 0 Å². The quantitative estimate of drug-likeness (QED) is 0.513. The van der Waals surface area contributed by atoms with Crippen molar-refractivity contribution < 1.29 is 13.2 Å². The predicted octanol–water partition coefficient (Wildman–Crippen LogP) is 3.62. The van der Waals surface area contributed by atoms with Crippen molar-refractivity contribution in [3.05, 3.63) is 46.5 Å². The van der Waals surface area contributed by atoms with E-state index in [2.05, 4.69) is 5.92 Å². The molecular formula is C12H5ClF3N. The Kier molecular flexibility index (Phi) is 4.20. The lowest BCUT2D eigenvalue weighted by atomic mass is 10.2. The summed E-state index contributed by atoms with van der Waals surface area (Å²) in [6.07, 6.45) is -4.73. The van der Waals surface area contributed by atoms with Crippen LogP contribution < -0.4 is 0 Å². The number of halogens is 4. The first kappa shape index (κ1) is 13.2. The summed E-state index contributed by atoms with van der Waals surface area (Å²) >= 11 is 5.18. The molecule has 0 bridgehead atoms. The Morgan fingerprint density at radius 1 is 1.18 bits per heavy atom. The molecule has 0 N–H and O–H groups in total. The first-order chi connectivity index (χ1) is 7.95. The highest BCUT2D eigenvalue weighted by atomic mass is 35.5. The average molecular weight is 256 g/mol. The van der Waals surface area contributed by atoms with E-state index in [1.165, 1.54) is 6.07 Å². The smallest absolute Gasteiger partial charge is 0.191 e. The molecule has 0 amide bonds. The first-order valence-corrected chi connectivity index (χ1v) is 4.77. The van der Waals surface area contributed by atoms with Crippen molar-refractivity contribution in [1.29, 1.82) is 5.26 Å². The second kappa shape index (κ2) is 5.43. The molecule has 0 radical (unpaired) electrons. The minimum atomic E-state index is -4.73. The Hall–Kier alpha value is -1.91. The molecule has 0 aliphatic heterocycles. The van der Waals surface area contributed by atoms with Crippen LogP contribution in [0.1, 0.15) is 5.56 Å². The number of alkyl halides is 3. The van der Waals surface area contributed by atoms with Gasteiger partial charge in [-0.25, -0.2) is 0 Å². The molecule has 0 aromatic heterocycles. The van der Waals surface area contributed by atoms with Crippen LogP contribution in [0.4, 0.5) is 13.2 Å². The van der Waals surface area contributed by atoms with Crippen LogP contribution in [0.3, 0.4) is 0 Å². The highest BCUT2D eigenvalue weighted by Gasteiger charge is 2.35. The van der Waals surface area contributed by atoms with Crippen LogP contribution in [-0.4, -0.2) is 6.18 Å². The van der Waals surface area contributed by atoms with Crippen molar-refractivity contribution >= 4 is 11.6 Å². The second-order valence-corrected chi connectivity index (χ2v) is 3.29. The van der Waals surface area contributed by atoms with Crippen molar-refractivity contribution in [3.8, 4) is 17.9 Å². The van der Waals surface area contributed by atoms with E-state index in [-0.39, 0.29) is 0 Å². The van der Waals surface area contributed by atoms with Gasteiger partial charge in [-0.1, -0.05) is 41.6 Å². The predicted molar refractivity (Wildman–Crippen MR) is 57.9 cm³/mol. The zero-order valence-corrected chi connectivity index (χ0v) is 9.10. The Balaban J connectivity index is 3.16. The number of nitriles is 1. The van der Waals surface area contributed by atoms with Crippen molar-refractivity contribution in [3.63, 3.8) is 0 Å². The molecule has 86 valence electrons. The van der Waals surface area contributed by atoms with Crippen LogP contribution in [0.5, 0.6) is 0 Å². The maximum Gasteiger partial charge on any atom is 0.426 e. The highest BCUT2D eigenvalue weighted by Crippen LogP contribution is 2.29. The third-order valence-corrected chi connectivity index (χ3v) is 1.98. The highest BCUT2D eigenvalue weighted by molar-refractivity contribution is 6.32. The molecule has 1 aromatic rings. The van der Waals surface area contributed by atoms with Crippen LogP contribution in [0, 0.1) is 23.2 Å². The van der Waals surface area contributed by atoms with Crippen LogP contribution in [0.2, 0.25) is 0 Å². The fourth-order valence-corrected chi connectivity index (χ4v) is 1.12. The monoisotopic (exact) mass is 255 g/mol. The lowest BCUT2D eigenvalue weighted by molar-refractivity contribution is -0.0873. The fourth-order valence-electron chi connectivity index (χ4n) is 0.962. The van der Waals surface area contributed by atoms with E-state index in [4.69, 9.17) is 16.9 Å². The van der Waals surface area contributed by atoms with Gasteiger partial charge in [-0.05, 0) is 12.1 Å². The number of hydrogen-bond donors (Lipinski definition) is 0. The molecule has 5 heteroatoms. The molecule has 0 spiro atoms. The summed E-state index contributed by atoms with van der Waals surface area (Å²) in [6.45, 7) is 0. The molecule has 0 aliphatic rings. The van der Waals surface area contributed by atoms with Gasteiger partial charge in [-0.2, -0.15) is 18.4 Å². The van der Waals surface area contributed by atoms with Crippen LogP contribution in [-0.2, 0) is 0 Å². The molecule has 0 aliphatic carbocycles. The normalized spacial score (nSPS) is 11.9. The third-order valence-electron chi connectivity index (χ3n) is 1.71. The first-order valence-electron chi connectivity index (χ1n) is 4.39. The molecule has 17 heavy (non-hydrogen) atoms. The van der Waals surface area contributed by atoms with Gasteiger partial charge in [0.25, 0.3) is 0 Å². The molecule has 0 atom stereocenters. The summed E-state index contributed by atoms with van der Waals surface area (Å²) in [6, 6.07) is 9.35. The molecular weight excluding hydrogens is 251 g/mol. The SMILES string of the molecule is N#C/C(Cl)=C(/C#Cc1ccccc1)C(F)(F)F. The molecule has 1 nitrogen and oxygen atoms in total. The summed E-state index contributed by atoms with van der Waals surface area (Å²) < 4.78 is 37.4. The summed E-state index contributed by atoms with van der Waals surface area (Å²) in [5.41, 5.74) is -0.915. The zero-order valence-electron chi connectivity index (χ0n) is 8.35. The Bertz CT molecular complexity index is 527. The van der Waals surface area contributed by atoms with E-state index >= 15 is 0 Å². The number of rotatable bonds is 0. The maximum absolute atomic E-state index is 12.5.